The van der Waals surface area contributed by atoms with E-state index < -0.39 is 12.0 Å². The van der Waals surface area contributed by atoms with Crippen molar-refractivity contribution < 1.29 is 19.0 Å². The van der Waals surface area contributed by atoms with Crippen molar-refractivity contribution in [1.82, 2.24) is 10.6 Å². The highest BCUT2D eigenvalue weighted by atomic mass is 35.5. The topological polar surface area (TPSA) is 68.8 Å². The average molecular weight is 461 g/mol. The average Bonchev–Trinajstić information content (AvgIpc) is 2.73. The lowest BCUT2D eigenvalue weighted by Crippen LogP contribution is -2.51. The van der Waals surface area contributed by atoms with Gasteiger partial charge >= 0.3 is 5.97 Å². The summed E-state index contributed by atoms with van der Waals surface area (Å²) in [6.07, 6.45) is 0. The predicted octanol–water partition coefficient (Wildman–Crippen LogP) is 4.53. The Labute approximate surface area is 192 Å². The van der Waals surface area contributed by atoms with Crippen molar-refractivity contribution in [3.8, 4) is 11.5 Å². The van der Waals surface area contributed by atoms with Crippen LogP contribution in [0.3, 0.4) is 0 Å². The van der Waals surface area contributed by atoms with Crippen molar-refractivity contribution in [2.75, 3.05) is 13.2 Å². The molecule has 1 heterocycles. The second kappa shape index (κ2) is 10.5. The van der Waals surface area contributed by atoms with Gasteiger partial charge in [0.15, 0.2) is 16.6 Å². The molecule has 1 aliphatic heterocycles. The van der Waals surface area contributed by atoms with Gasteiger partial charge in [0, 0.05) is 10.7 Å². The minimum absolute atomic E-state index is 0.279. The zero-order chi connectivity index (χ0) is 22.4. The third-order valence-electron chi connectivity index (χ3n) is 4.74. The fourth-order valence-electron chi connectivity index (χ4n) is 3.32. The maximum Gasteiger partial charge on any atom is 0.317 e. The van der Waals surface area contributed by atoms with Gasteiger partial charge in [-0.1, -0.05) is 36.4 Å². The van der Waals surface area contributed by atoms with Crippen LogP contribution in [0.2, 0.25) is 5.02 Å². The predicted molar refractivity (Wildman–Crippen MR) is 124 cm³/mol. The molecule has 1 fully saturated rings. The Kier molecular flexibility index (Phi) is 7.76. The molecule has 0 aromatic heterocycles. The van der Waals surface area contributed by atoms with Crippen LogP contribution in [0.1, 0.15) is 31.0 Å². The third kappa shape index (κ3) is 5.68. The number of esters is 1. The lowest BCUT2D eigenvalue weighted by Gasteiger charge is -2.35. The molecule has 164 valence electrons. The zero-order valence-corrected chi connectivity index (χ0v) is 19.0. The molecule has 31 heavy (non-hydrogen) atoms. The lowest BCUT2D eigenvalue weighted by molar-refractivity contribution is -0.147. The number of ether oxygens (including phenoxy) is 3. The number of thiocarbonyl (C=S) groups is 1. The Balaban J connectivity index is 1.86. The van der Waals surface area contributed by atoms with Gasteiger partial charge < -0.3 is 24.8 Å². The fourth-order valence-corrected chi connectivity index (χ4v) is 3.70. The van der Waals surface area contributed by atoms with Crippen LogP contribution < -0.4 is 20.1 Å². The first-order valence-corrected chi connectivity index (χ1v) is 10.8. The SMILES string of the molecule is C=C1NC(=S)NC(c2ccc(OCc3ccc(Cl)cc3)c(OCC)c2)C1C(=O)OCC. The van der Waals surface area contributed by atoms with E-state index in [4.69, 9.17) is 38.0 Å². The van der Waals surface area contributed by atoms with Gasteiger partial charge in [0.2, 0.25) is 0 Å². The molecule has 0 aliphatic carbocycles. The number of nitrogens with one attached hydrogen (secondary N) is 2. The standard InChI is InChI=1S/C23H25ClN2O4S/c1-4-28-19-12-16(8-11-18(19)30-13-15-6-9-17(24)10-7-15)21-20(22(27)29-5-2)14(3)25-23(31)26-21/h6-12,20-21H,3-5,13H2,1-2H3,(H2,25,26,31). The first-order chi connectivity index (χ1) is 14.9. The van der Waals surface area contributed by atoms with E-state index >= 15 is 0 Å². The Morgan fingerprint density at radius 2 is 1.84 bits per heavy atom. The summed E-state index contributed by atoms with van der Waals surface area (Å²) in [5.41, 5.74) is 2.29. The van der Waals surface area contributed by atoms with Crippen molar-refractivity contribution in [2.24, 2.45) is 5.92 Å². The summed E-state index contributed by atoms with van der Waals surface area (Å²) in [4.78, 5) is 12.6. The van der Waals surface area contributed by atoms with Gasteiger partial charge in [-0.05, 0) is 61.5 Å². The molecule has 1 saturated heterocycles. The van der Waals surface area contributed by atoms with E-state index in [1.165, 1.54) is 0 Å². The summed E-state index contributed by atoms with van der Waals surface area (Å²) >= 11 is 11.2. The largest absolute Gasteiger partial charge is 0.490 e. The van der Waals surface area contributed by atoms with Crippen LogP contribution in [0.5, 0.6) is 11.5 Å². The van der Waals surface area contributed by atoms with Gasteiger partial charge in [0.05, 0.1) is 19.3 Å². The molecular formula is C23H25ClN2O4S. The molecule has 0 bridgehead atoms. The number of halogens is 1. The van der Waals surface area contributed by atoms with Crippen LogP contribution in [0, 0.1) is 5.92 Å². The van der Waals surface area contributed by atoms with E-state index in [0.717, 1.165) is 11.1 Å². The smallest absolute Gasteiger partial charge is 0.317 e. The van der Waals surface area contributed by atoms with E-state index in [9.17, 15) is 4.79 Å². The summed E-state index contributed by atoms with van der Waals surface area (Å²) in [5.74, 6) is 0.167. The van der Waals surface area contributed by atoms with Gasteiger partial charge in [-0.25, -0.2) is 0 Å². The number of benzene rings is 2. The Morgan fingerprint density at radius 3 is 2.52 bits per heavy atom. The van der Waals surface area contributed by atoms with E-state index in [1.54, 1.807) is 6.92 Å². The molecule has 2 aromatic rings. The van der Waals surface area contributed by atoms with Crippen molar-refractivity contribution in [3.63, 3.8) is 0 Å². The second-order valence-corrected chi connectivity index (χ2v) is 7.73. The molecule has 3 rings (SSSR count). The van der Waals surface area contributed by atoms with Gasteiger partial charge in [0.1, 0.15) is 12.5 Å². The first kappa shape index (κ1) is 22.9. The molecule has 0 saturated carbocycles. The minimum atomic E-state index is -0.637. The molecule has 2 unspecified atom stereocenters. The van der Waals surface area contributed by atoms with Gasteiger partial charge in [-0.15, -0.1) is 0 Å². The summed E-state index contributed by atoms with van der Waals surface area (Å²) < 4.78 is 17.0. The molecular weight excluding hydrogens is 436 g/mol. The van der Waals surface area contributed by atoms with Gasteiger partial charge in [0.25, 0.3) is 0 Å². The number of hydrogen-bond acceptors (Lipinski definition) is 5. The number of hydrogen-bond donors (Lipinski definition) is 2. The van der Waals surface area contributed by atoms with E-state index in [-0.39, 0.29) is 12.6 Å². The quantitative estimate of drug-likeness (QED) is 0.443. The van der Waals surface area contributed by atoms with E-state index in [2.05, 4.69) is 17.2 Å². The monoisotopic (exact) mass is 460 g/mol. The molecule has 1 aliphatic rings. The highest BCUT2D eigenvalue weighted by Gasteiger charge is 2.38. The summed E-state index contributed by atoms with van der Waals surface area (Å²) in [7, 11) is 0. The highest BCUT2D eigenvalue weighted by Crippen LogP contribution is 2.36. The van der Waals surface area contributed by atoms with Crippen LogP contribution in [0.25, 0.3) is 0 Å². The van der Waals surface area contributed by atoms with Gasteiger partial charge in [-0.2, -0.15) is 0 Å². The normalized spacial score (nSPS) is 18.0. The van der Waals surface area contributed by atoms with Gasteiger partial charge in [-0.3, -0.25) is 4.79 Å². The van der Waals surface area contributed by atoms with Crippen molar-refractivity contribution in [1.29, 1.82) is 0 Å². The third-order valence-corrected chi connectivity index (χ3v) is 5.22. The fraction of sp³-hybridized carbons (Fsp3) is 0.304. The second-order valence-electron chi connectivity index (χ2n) is 6.89. The van der Waals surface area contributed by atoms with Crippen LogP contribution in [0.4, 0.5) is 0 Å². The Bertz CT molecular complexity index is 965. The first-order valence-electron chi connectivity index (χ1n) is 9.99. The van der Waals surface area contributed by atoms with Crippen LogP contribution in [-0.2, 0) is 16.1 Å². The number of carbonyl (C=O) groups is 1. The van der Waals surface area contributed by atoms with Crippen molar-refractivity contribution in [3.05, 3.63) is 70.9 Å². The Morgan fingerprint density at radius 1 is 1.10 bits per heavy atom. The molecule has 2 aromatic carbocycles. The van der Waals surface area contributed by atoms with E-state index in [1.807, 2.05) is 49.4 Å². The highest BCUT2D eigenvalue weighted by molar-refractivity contribution is 7.80. The zero-order valence-electron chi connectivity index (χ0n) is 17.4. The molecule has 0 spiro atoms. The summed E-state index contributed by atoms with van der Waals surface area (Å²) in [6.45, 7) is 8.75. The number of carbonyl (C=O) groups excluding carboxylic acids is 1. The number of rotatable bonds is 8. The van der Waals surface area contributed by atoms with Crippen LogP contribution >= 0.6 is 23.8 Å². The summed E-state index contributed by atoms with van der Waals surface area (Å²) in [6, 6.07) is 12.6. The molecule has 8 heteroatoms. The molecule has 0 amide bonds. The molecule has 2 N–H and O–H groups in total. The lowest BCUT2D eigenvalue weighted by atomic mass is 9.89. The van der Waals surface area contributed by atoms with Crippen LogP contribution in [-0.4, -0.2) is 24.3 Å². The Hall–Kier alpha value is -2.77. The maximum absolute atomic E-state index is 12.6. The molecule has 0 radical (unpaired) electrons. The summed E-state index contributed by atoms with van der Waals surface area (Å²) in [5, 5.41) is 7.15. The molecule has 2 atom stereocenters. The molecule has 6 nitrogen and oxygen atoms in total. The van der Waals surface area contributed by atoms with Crippen molar-refractivity contribution >= 4 is 34.9 Å². The van der Waals surface area contributed by atoms with E-state index in [0.29, 0.717) is 40.5 Å². The van der Waals surface area contributed by atoms with Crippen molar-refractivity contribution in [2.45, 2.75) is 26.5 Å². The maximum atomic E-state index is 12.6. The minimum Gasteiger partial charge on any atom is -0.490 e. The van der Waals surface area contributed by atoms with Crippen LogP contribution in [0.15, 0.2) is 54.7 Å².